The number of ether oxygens (including phenoxy) is 1. The van der Waals surface area contributed by atoms with Crippen molar-refractivity contribution in [2.45, 2.75) is 5.41 Å². The fourth-order valence-corrected chi connectivity index (χ4v) is 8.13. The molecule has 214 valence electrons. The number of hydrogen-bond donors (Lipinski definition) is 0. The molecule has 0 N–H and O–H groups in total. The Balaban J connectivity index is 1.30. The van der Waals surface area contributed by atoms with E-state index < -0.39 is 5.41 Å². The average molecular weight is 585 g/mol. The summed E-state index contributed by atoms with van der Waals surface area (Å²) < 4.78 is 6.79. The van der Waals surface area contributed by atoms with Crippen molar-refractivity contribution in [2.75, 3.05) is 0 Å². The van der Waals surface area contributed by atoms with Gasteiger partial charge in [-0.1, -0.05) is 140 Å². The van der Waals surface area contributed by atoms with Crippen LogP contribution in [0.2, 0.25) is 0 Å². The lowest BCUT2D eigenvalue weighted by Gasteiger charge is -2.34. The second kappa shape index (κ2) is 9.54. The van der Waals surface area contributed by atoms with Gasteiger partial charge in [0.05, 0.1) is 5.41 Å². The summed E-state index contributed by atoms with van der Waals surface area (Å²) in [5, 5.41) is 4.87. The van der Waals surface area contributed by atoms with E-state index in [1.807, 2.05) is 0 Å². The van der Waals surface area contributed by atoms with Gasteiger partial charge in [-0.2, -0.15) is 0 Å². The number of fused-ring (bicyclic) bond motifs is 6. The van der Waals surface area contributed by atoms with E-state index in [4.69, 9.17) is 4.74 Å². The standard InChI is InChI=1S/C45H28O/c1-3-15-33(16-4-1)45(34-17-5-2-6-18-34)40-28-32(23-25-36(40)39-26-30-12-7-8-13-31(30)27-41(39)45)35-24-22-29-14-11-20-38-37-19-9-10-21-42(37)46-44(35)43(29)38/h1-28H. The molecule has 0 saturated heterocycles. The molecule has 0 atom stereocenters. The fourth-order valence-electron chi connectivity index (χ4n) is 8.13. The zero-order valence-electron chi connectivity index (χ0n) is 25.1. The normalized spacial score (nSPS) is 13.6. The molecular formula is C45H28O. The van der Waals surface area contributed by atoms with Gasteiger partial charge in [-0.25, -0.2) is 0 Å². The van der Waals surface area contributed by atoms with Gasteiger partial charge >= 0.3 is 0 Å². The van der Waals surface area contributed by atoms with E-state index in [-0.39, 0.29) is 0 Å². The van der Waals surface area contributed by atoms with E-state index in [1.54, 1.807) is 0 Å². The summed E-state index contributed by atoms with van der Waals surface area (Å²) in [6, 6.07) is 62.1. The predicted molar refractivity (Wildman–Crippen MR) is 190 cm³/mol. The first kappa shape index (κ1) is 25.4. The Bertz CT molecular complexity index is 2450. The van der Waals surface area contributed by atoms with Crippen LogP contribution in [0.5, 0.6) is 11.5 Å². The maximum absolute atomic E-state index is 6.79. The lowest BCUT2D eigenvalue weighted by atomic mass is 9.67. The van der Waals surface area contributed by atoms with Crippen molar-refractivity contribution in [3.05, 3.63) is 192 Å². The van der Waals surface area contributed by atoms with E-state index in [0.717, 1.165) is 28.2 Å². The molecule has 1 aliphatic heterocycles. The van der Waals surface area contributed by atoms with Crippen molar-refractivity contribution in [2.24, 2.45) is 0 Å². The Kier molecular flexibility index (Phi) is 5.27. The maximum atomic E-state index is 6.79. The lowest BCUT2D eigenvalue weighted by molar-refractivity contribution is 0.489. The Morgan fingerprint density at radius 1 is 0.370 bits per heavy atom. The van der Waals surface area contributed by atoms with Crippen molar-refractivity contribution < 1.29 is 4.74 Å². The van der Waals surface area contributed by atoms with E-state index >= 15 is 0 Å². The van der Waals surface area contributed by atoms with Crippen molar-refractivity contribution in [1.29, 1.82) is 0 Å². The van der Waals surface area contributed by atoms with E-state index in [1.165, 1.54) is 60.5 Å². The van der Waals surface area contributed by atoms with Crippen LogP contribution in [0.15, 0.2) is 170 Å². The second-order valence-electron chi connectivity index (χ2n) is 12.4. The summed E-state index contributed by atoms with van der Waals surface area (Å²) in [7, 11) is 0. The van der Waals surface area contributed by atoms with Crippen LogP contribution in [-0.2, 0) is 5.41 Å². The van der Waals surface area contributed by atoms with Gasteiger partial charge in [-0.05, 0) is 91.0 Å². The van der Waals surface area contributed by atoms with Crippen molar-refractivity contribution in [1.82, 2.24) is 0 Å². The van der Waals surface area contributed by atoms with Crippen molar-refractivity contribution in [3.63, 3.8) is 0 Å². The first-order valence-electron chi connectivity index (χ1n) is 15.9. The molecule has 2 aliphatic rings. The molecule has 0 aromatic heterocycles. The molecule has 1 heteroatoms. The molecule has 0 bridgehead atoms. The van der Waals surface area contributed by atoms with Gasteiger partial charge in [-0.15, -0.1) is 0 Å². The predicted octanol–water partition coefficient (Wildman–Crippen LogP) is 11.8. The van der Waals surface area contributed by atoms with Gasteiger partial charge in [0, 0.05) is 16.5 Å². The molecule has 0 amide bonds. The number of para-hydroxylation sites is 1. The molecule has 1 aliphatic carbocycles. The zero-order chi connectivity index (χ0) is 30.2. The van der Waals surface area contributed by atoms with Crippen LogP contribution >= 0.6 is 0 Å². The highest BCUT2D eigenvalue weighted by Crippen LogP contribution is 2.58. The number of hydrogen-bond acceptors (Lipinski definition) is 1. The topological polar surface area (TPSA) is 9.23 Å². The van der Waals surface area contributed by atoms with Crippen LogP contribution < -0.4 is 4.74 Å². The Morgan fingerprint density at radius 2 is 0.978 bits per heavy atom. The maximum Gasteiger partial charge on any atom is 0.143 e. The third kappa shape index (κ3) is 3.40. The van der Waals surface area contributed by atoms with Crippen molar-refractivity contribution >= 4 is 21.5 Å². The molecule has 0 radical (unpaired) electrons. The highest BCUT2D eigenvalue weighted by Gasteiger charge is 2.46. The van der Waals surface area contributed by atoms with Crippen LogP contribution in [-0.4, -0.2) is 0 Å². The summed E-state index contributed by atoms with van der Waals surface area (Å²) in [6.07, 6.45) is 0. The summed E-state index contributed by atoms with van der Waals surface area (Å²) in [4.78, 5) is 0. The zero-order valence-corrected chi connectivity index (χ0v) is 25.1. The van der Waals surface area contributed by atoms with Gasteiger partial charge < -0.3 is 4.74 Å². The van der Waals surface area contributed by atoms with Crippen LogP contribution in [0.3, 0.4) is 0 Å². The Hall–Kier alpha value is -5.92. The van der Waals surface area contributed by atoms with E-state index in [9.17, 15) is 0 Å². The Morgan fingerprint density at radius 3 is 1.76 bits per heavy atom. The third-order valence-corrected chi connectivity index (χ3v) is 10.1. The van der Waals surface area contributed by atoms with Gasteiger partial charge in [-0.3, -0.25) is 0 Å². The molecule has 1 heterocycles. The van der Waals surface area contributed by atoms with Gasteiger partial charge in [0.2, 0.25) is 0 Å². The third-order valence-electron chi connectivity index (χ3n) is 10.1. The molecule has 0 spiro atoms. The summed E-state index contributed by atoms with van der Waals surface area (Å²) >= 11 is 0. The summed E-state index contributed by atoms with van der Waals surface area (Å²) in [6.45, 7) is 0. The molecule has 8 aromatic rings. The van der Waals surface area contributed by atoms with Gasteiger partial charge in [0.1, 0.15) is 11.5 Å². The number of rotatable bonds is 3. The fraction of sp³-hybridized carbons (Fsp3) is 0.0222. The minimum atomic E-state index is -0.486. The van der Waals surface area contributed by atoms with Gasteiger partial charge in [0.25, 0.3) is 0 Å². The van der Waals surface area contributed by atoms with Crippen LogP contribution in [0.1, 0.15) is 22.3 Å². The van der Waals surface area contributed by atoms with Gasteiger partial charge in [0.15, 0.2) is 0 Å². The number of benzene rings is 8. The molecule has 10 rings (SSSR count). The minimum absolute atomic E-state index is 0.486. The first-order valence-corrected chi connectivity index (χ1v) is 15.9. The molecule has 1 nitrogen and oxygen atoms in total. The average Bonchev–Trinajstić information content (AvgIpc) is 3.41. The highest BCUT2D eigenvalue weighted by molar-refractivity contribution is 6.08. The minimum Gasteiger partial charge on any atom is -0.455 e. The SMILES string of the molecule is c1ccc(C2(c3ccccc3)c3cc(-c4ccc5cccc6c5c4Oc4ccccc4-6)ccc3-c3cc4ccccc4cc32)cc1. The molecule has 0 fully saturated rings. The molecular weight excluding hydrogens is 556 g/mol. The molecule has 8 aromatic carbocycles. The molecule has 46 heavy (non-hydrogen) atoms. The second-order valence-corrected chi connectivity index (χ2v) is 12.4. The Labute approximate surface area is 268 Å². The van der Waals surface area contributed by atoms with Crippen LogP contribution in [0.25, 0.3) is 54.9 Å². The van der Waals surface area contributed by atoms with E-state index in [0.29, 0.717) is 0 Å². The lowest BCUT2D eigenvalue weighted by Crippen LogP contribution is -2.28. The summed E-state index contributed by atoms with van der Waals surface area (Å²) in [5.41, 5.74) is 11.8. The molecule has 0 saturated carbocycles. The quantitative estimate of drug-likeness (QED) is 0.201. The first-order chi connectivity index (χ1) is 22.8. The monoisotopic (exact) mass is 584 g/mol. The van der Waals surface area contributed by atoms with Crippen molar-refractivity contribution in [3.8, 4) is 44.9 Å². The summed E-state index contributed by atoms with van der Waals surface area (Å²) in [5.74, 6) is 1.83. The highest BCUT2D eigenvalue weighted by atomic mass is 16.5. The largest absolute Gasteiger partial charge is 0.455 e. The van der Waals surface area contributed by atoms with Crippen LogP contribution in [0.4, 0.5) is 0 Å². The smallest absolute Gasteiger partial charge is 0.143 e. The molecule has 0 unspecified atom stereocenters. The van der Waals surface area contributed by atoms with Crippen LogP contribution in [0, 0.1) is 0 Å². The van der Waals surface area contributed by atoms with E-state index in [2.05, 4.69) is 170 Å².